The van der Waals surface area contributed by atoms with Gasteiger partial charge in [-0.15, -0.1) is 0 Å². The third-order valence-electron chi connectivity index (χ3n) is 4.29. The summed E-state index contributed by atoms with van der Waals surface area (Å²) in [6, 6.07) is 4.11. The van der Waals surface area contributed by atoms with Crippen LogP contribution in [-0.2, 0) is 13.0 Å². The molecule has 2 unspecified atom stereocenters. The number of hydrogen-bond acceptors (Lipinski definition) is 3. The van der Waals surface area contributed by atoms with E-state index >= 15 is 0 Å². The number of nitrogens with two attached hydrogens (primary N) is 1. The van der Waals surface area contributed by atoms with Crippen molar-refractivity contribution in [3.63, 3.8) is 0 Å². The molecule has 1 aromatic rings. The molecule has 21 heavy (non-hydrogen) atoms. The molecule has 2 N–H and O–H groups in total. The number of pyridine rings is 1. The highest BCUT2D eigenvalue weighted by Crippen LogP contribution is 2.39. The Kier molecular flexibility index (Phi) is 5.26. The van der Waals surface area contributed by atoms with Gasteiger partial charge in [0.05, 0.1) is 0 Å². The molecule has 1 saturated carbocycles. The molecule has 3 heteroatoms. The molecular weight excluding hydrogens is 260 g/mol. The van der Waals surface area contributed by atoms with Crippen LogP contribution >= 0.6 is 0 Å². The Bertz CT molecular complexity index is 470. The molecule has 2 rings (SSSR count). The van der Waals surface area contributed by atoms with Crippen molar-refractivity contribution in [2.45, 2.75) is 72.4 Å². The van der Waals surface area contributed by atoms with Gasteiger partial charge in [-0.1, -0.05) is 34.1 Å². The Morgan fingerprint density at radius 3 is 2.71 bits per heavy atom. The molecule has 0 amide bonds. The number of ether oxygens (including phenoxy) is 1. The van der Waals surface area contributed by atoms with Gasteiger partial charge in [0.25, 0.3) is 0 Å². The molecule has 1 heterocycles. The van der Waals surface area contributed by atoms with Crippen molar-refractivity contribution < 1.29 is 4.74 Å². The first-order chi connectivity index (χ1) is 9.91. The lowest BCUT2D eigenvalue weighted by Crippen LogP contribution is -2.34. The third kappa shape index (κ3) is 4.70. The Morgan fingerprint density at radius 1 is 1.33 bits per heavy atom. The fourth-order valence-electron chi connectivity index (χ4n) is 3.70. The molecule has 1 aromatic heterocycles. The first kappa shape index (κ1) is 16.3. The van der Waals surface area contributed by atoms with Crippen LogP contribution in [-0.4, -0.2) is 11.1 Å². The predicted octanol–water partition coefficient (Wildman–Crippen LogP) is 4.09. The number of aryl methyl sites for hydroxylation is 1. The highest BCUT2D eigenvalue weighted by Gasteiger charge is 2.33. The van der Waals surface area contributed by atoms with Gasteiger partial charge in [-0.05, 0) is 48.6 Å². The van der Waals surface area contributed by atoms with Crippen molar-refractivity contribution in [2.75, 3.05) is 0 Å². The van der Waals surface area contributed by atoms with Crippen LogP contribution in [0.3, 0.4) is 0 Å². The quantitative estimate of drug-likeness (QED) is 0.888. The summed E-state index contributed by atoms with van der Waals surface area (Å²) in [7, 11) is 0. The lowest BCUT2D eigenvalue weighted by molar-refractivity contribution is 0.0531. The zero-order valence-electron chi connectivity index (χ0n) is 14.0. The van der Waals surface area contributed by atoms with E-state index in [2.05, 4.69) is 38.7 Å². The van der Waals surface area contributed by atoms with Gasteiger partial charge in [-0.2, -0.15) is 0 Å². The van der Waals surface area contributed by atoms with Gasteiger partial charge >= 0.3 is 0 Å². The van der Waals surface area contributed by atoms with Crippen LogP contribution in [0, 0.1) is 11.3 Å². The summed E-state index contributed by atoms with van der Waals surface area (Å²) < 4.78 is 6.22. The zero-order valence-corrected chi connectivity index (χ0v) is 14.0. The first-order valence-corrected chi connectivity index (χ1v) is 8.28. The van der Waals surface area contributed by atoms with E-state index < -0.39 is 0 Å². The van der Waals surface area contributed by atoms with Gasteiger partial charge in [0, 0.05) is 18.3 Å². The molecule has 1 aliphatic rings. The first-order valence-electron chi connectivity index (χ1n) is 8.28. The maximum Gasteiger partial charge on any atom is 0.214 e. The zero-order chi connectivity index (χ0) is 15.5. The maximum atomic E-state index is 6.22. The van der Waals surface area contributed by atoms with Crippen molar-refractivity contribution in [3.05, 3.63) is 23.4 Å². The van der Waals surface area contributed by atoms with Crippen molar-refractivity contribution in [1.29, 1.82) is 0 Å². The Morgan fingerprint density at radius 2 is 2.10 bits per heavy atom. The summed E-state index contributed by atoms with van der Waals surface area (Å²) in [6.07, 6.45) is 5.86. The highest BCUT2D eigenvalue weighted by atomic mass is 16.5. The molecule has 0 radical (unpaired) electrons. The summed E-state index contributed by atoms with van der Waals surface area (Å²) in [5, 5.41) is 0. The van der Waals surface area contributed by atoms with Crippen LogP contribution in [0.25, 0.3) is 0 Å². The van der Waals surface area contributed by atoms with Crippen molar-refractivity contribution in [1.82, 2.24) is 4.98 Å². The van der Waals surface area contributed by atoms with E-state index in [9.17, 15) is 0 Å². The van der Waals surface area contributed by atoms with E-state index in [0.717, 1.165) is 42.8 Å². The van der Waals surface area contributed by atoms with E-state index in [1.54, 1.807) is 0 Å². The minimum atomic E-state index is 0.277. The van der Waals surface area contributed by atoms with E-state index in [1.165, 1.54) is 6.42 Å². The van der Waals surface area contributed by atoms with Crippen LogP contribution in [0.15, 0.2) is 12.1 Å². The number of aromatic nitrogens is 1. The number of rotatable bonds is 5. The van der Waals surface area contributed by atoms with Crippen LogP contribution < -0.4 is 10.5 Å². The average Bonchev–Trinajstić information content (AvgIpc) is 2.36. The topological polar surface area (TPSA) is 48.1 Å². The van der Waals surface area contributed by atoms with Crippen LogP contribution in [0.2, 0.25) is 0 Å². The van der Waals surface area contributed by atoms with E-state index in [0.29, 0.717) is 17.9 Å². The minimum Gasteiger partial charge on any atom is -0.474 e. The summed E-state index contributed by atoms with van der Waals surface area (Å²) in [5.41, 5.74) is 8.37. The predicted molar refractivity (Wildman–Crippen MR) is 87.3 cm³/mol. The molecule has 1 aliphatic carbocycles. The Labute approximate surface area is 129 Å². The largest absolute Gasteiger partial charge is 0.474 e. The summed E-state index contributed by atoms with van der Waals surface area (Å²) in [5.74, 6) is 1.47. The van der Waals surface area contributed by atoms with E-state index in [1.807, 2.05) is 6.07 Å². The second-order valence-electron chi connectivity index (χ2n) is 7.41. The maximum absolute atomic E-state index is 6.22. The third-order valence-corrected chi connectivity index (χ3v) is 4.29. The van der Waals surface area contributed by atoms with Gasteiger partial charge in [-0.3, -0.25) is 0 Å². The van der Waals surface area contributed by atoms with E-state index in [-0.39, 0.29) is 6.10 Å². The standard InChI is InChI=1S/C18H30N2O/c1-5-6-15-8-14(12-19)9-17(20-15)21-16-7-13(2)10-18(3,4)11-16/h8-9,13,16H,5-7,10-12,19H2,1-4H3. The summed E-state index contributed by atoms with van der Waals surface area (Å²) >= 11 is 0. The molecule has 0 saturated heterocycles. The lowest BCUT2D eigenvalue weighted by Gasteiger charge is -2.38. The van der Waals surface area contributed by atoms with Crippen LogP contribution in [0.1, 0.15) is 64.6 Å². The minimum absolute atomic E-state index is 0.277. The molecule has 1 fully saturated rings. The fraction of sp³-hybridized carbons (Fsp3) is 0.722. The summed E-state index contributed by atoms with van der Waals surface area (Å²) in [4.78, 5) is 4.66. The van der Waals surface area contributed by atoms with Crippen LogP contribution in [0.5, 0.6) is 5.88 Å². The Balaban J connectivity index is 2.12. The second-order valence-corrected chi connectivity index (χ2v) is 7.41. The van der Waals surface area contributed by atoms with Gasteiger partial charge in [0.15, 0.2) is 0 Å². The van der Waals surface area contributed by atoms with Gasteiger partial charge < -0.3 is 10.5 Å². The molecule has 3 nitrogen and oxygen atoms in total. The van der Waals surface area contributed by atoms with Gasteiger partial charge in [-0.25, -0.2) is 4.98 Å². The molecular formula is C18H30N2O. The SMILES string of the molecule is CCCc1cc(CN)cc(OC2CC(C)CC(C)(C)C2)n1. The molecule has 118 valence electrons. The summed E-state index contributed by atoms with van der Waals surface area (Å²) in [6.45, 7) is 9.71. The van der Waals surface area contributed by atoms with Crippen molar-refractivity contribution in [2.24, 2.45) is 17.1 Å². The molecule has 0 spiro atoms. The normalized spacial score (nSPS) is 24.8. The molecule has 0 aliphatic heterocycles. The molecule has 0 bridgehead atoms. The van der Waals surface area contributed by atoms with Crippen molar-refractivity contribution >= 4 is 0 Å². The monoisotopic (exact) mass is 290 g/mol. The van der Waals surface area contributed by atoms with Gasteiger partial charge in [0.2, 0.25) is 5.88 Å². The molecule has 0 aromatic carbocycles. The average molecular weight is 290 g/mol. The van der Waals surface area contributed by atoms with Crippen LogP contribution in [0.4, 0.5) is 0 Å². The number of nitrogens with zero attached hydrogens (tertiary/aromatic N) is 1. The van der Waals surface area contributed by atoms with Gasteiger partial charge in [0.1, 0.15) is 6.10 Å². The van der Waals surface area contributed by atoms with Crippen molar-refractivity contribution in [3.8, 4) is 5.88 Å². The lowest BCUT2D eigenvalue weighted by atomic mass is 9.71. The fourth-order valence-corrected chi connectivity index (χ4v) is 3.70. The molecule has 2 atom stereocenters. The number of hydrogen-bond donors (Lipinski definition) is 1. The highest BCUT2D eigenvalue weighted by molar-refractivity contribution is 5.25. The Hall–Kier alpha value is -1.09. The smallest absolute Gasteiger partial charge is 0.214 e. The second kappa shape index (κ2) is 6.78. The van der Waals surface area contributed by atoms with E-state index in [4.69, 9.17) is 10.5 Å².